The van der Waals surface area contributed by atoms with E-state index in [0.717, 1.165) is 6.07 Å². The van der Waals surface area contributed by atoms with Crippen LogP contribution in [0.15, 0.2) is 12.1 Å². The SMILES string of the molecule is CN(C)CCn1c(CCl)nc2ccc(F)c(F)c21. The molecule has 0 aliphatic rings. The maximum absolute atomic E-state index is 13.8. The van der Waals surface area contributed by atoms with Crippen LogP contribution in [0, 0.1) is 11.6 Å². The first-order valence-corrected chi connectivity index (χ1v) is 6.12. The van der Waals surface area contributed by atoms with E-state index in [4.69, 9.17) is 11.6 Å². The third-order valence-electron chi connectivity index (χ3n) is 2.77. The highest BCUT2D eigenvalue weighted by Gasteiger charge is 2.16. The molecule has 0 spiro atoms. The number of alkyl halides is 1. The van der Waals surface area contributed by atoms with E-state index in [2.05, 4.69) is 4.98 Å². The molecule has 1 heterocycles. The molecule has 0 saturated carbocycles. The lowest BCUT2D eigenvalue weighted by atomic mass is 10.3. The maximum atomic E-state index is 13.8. The van der Waals surface area contributed by atoms with Crippen molar-refractivity contribution in [3.8, 4) is 0 Å². The Hall–Kier alpha value is -1.20. The van der Waals surface area contributed by atoms with Gasteiger partial charge < -0.3 is 9.47 Å². The summed E-state index contributed by atoms with van der Waals surface area (Å²) in [5.74, 6) is -1.01. The standard InChI is InChI=1S/C12H14ClF2N3/c1-17(2)5-6-18-10(7-13)16-9-4-3-8(14)11(15)12(9)18/h3-4H,5-7H2,1-2H3. The fraction of sp³-hybridized carbons (Fsp3) is 0.417. The molecule has 6 heteroatoms. The average molecular weight is 274 g/mol. The second-order valence-electron chi connectivity index (χ2n) is 4.35. The largest absolute Gasteiger partial charge is 0.323 e. The number of hydrogen-bond donors (Lipinski definition) is 0. The van der Waals surface area contributed by atoms with Crippen LogP contribution in [0.25, 0.3) is 11.0 Å². The molecule has 0 bridgehead atoms. The van der Waals surface area contributed by atoms with Crippen LogP contribution < -0.4 is 0 Å². The Morgan fingerprint density at radius 2 is 2.06 bits per heavy atom. The van der Waals surface area contributed by atoms with Crippen molar-refractivity contribution in [3.05, 3.63) is 29.6 Å². The first kappa shape index (κ1) is 13.2. The molecule has 0 radical (unpaired) electrons. The highest BCUT2D eigenvalue weighted by molar-refractivity contribution is 6.16. The number of benzene rings is 1. The van der Waals surface area contributed by atoms with E-state index < -0.39 is 11.6 Å². The van der Waals surface area contributed by atoms with Crippen LogP contribution in [0.1, 0.15) is 5.82 Å². The molecule has 2 aromatic rings. The Morgan fingerprint density at radius 1 is 1.33 bits per heavy atom. The smallest absolute Gasteiger partial charge is 0.184 e. The topological polar surface area (TPSA) is 21.1 Å². The van der Waals surface area contributed by atoms with Crippen LogP contribution in [0.2, 0.25) is 0 Å². The minimum absolute atomic E-state index is 0.170. The third kappa shape index (κ3) is 2.33. The second-order valence-corrected chi connectivity index (χ2v) is 4.61. The van der Waals surface area contributed by atoms with Crippen LogP contribution in [0.5, 0.6) is 0 Å². The predicted molar refractivity (Wildman–Crippen MR) is 67.8 cm³/mol. The summed E-state index contributed by atoms with van der Waals surface area (Å²) in [4.78, 5) is 6.18. The van der Waals surface area contributed by atoms with Gasteiger partial charge in [0.15, 0.2) is 11.6 Å². The molecule has 3 nitrogen and oxygen atoms in total. The summed E-state index contributed by atoms with van der Waals surface area (Å²) < 4.78 is 28.8. The zero-order chi connectivity index (χ0) is 13.3. The van der Waals surface area contributed by atoms with Crippen LogP contribution in [0.4, 0.5) is 8.78 Å². The normalized spacial score (nSPS) is 11.7. The van der Waals surface area contributed by atoms with E-state index in [0.29, 0.717) is 24.4 Å². The van der Waals surface area contributed by atoms with Crippen LogP contribution in [0.3, 0.4) is 0 Å². The number of rotatable bonds is 4. The van der Waals surface area contributed by atoms with Gasteiger partial charge in [-0.2, -0.15) is 0 Å². The summed E-state index contributed by atoms with van der Waals surface area (Å²) in [5, 5.41) is 0. The summed E-state index contributed by atoms with van der Waals surface area (Å²) in [6.45, 7) is 1.22. The molecule has 0 unspecified atom stereocenters. The van der Waals surface area contributed by atoms with Gasteiger partial charge >= 0.3 is 0 Å². The first-order valence-electron chi connectivity index (χ1n) is 5.58. The van der Waals surface area contributed by atoms with Crippen molar-refractivity contribution in [1.29, 1.82) is 0 Å². The minimum Gasteiger partial charge on any atom is -0.323 e. The van der Waals surface area contributed by atoms with Gasteiger partial charge in [0.2, 0.25) is 0 Å². The van der Waals surface area contributed by atoms with Gasteiger partial charge in [-0.25, -0.2) is 13.8 Å². The highest BCUT2D eigenvalue weighted by atomic mass is 35.5. The van der Waals surface area contributed by atoms with E-state index in [9.17, 15) is 8.78 Å². The van der Waals surface area contributed by atoms with Crippen molar-refractivity contribution >= 4 is 22.6 Å². The molecular weight excluding hydrogens is 260 g/mol. The quantitative estimate of drug-likeness (QED) is 0.799. The van der Waals surface area contributed by atoms with Crippen molar-refractivity contribution in [1.82, 2.24) is 14.5 Å². The molecule has 1 aromatic heterocycles. The lowest BCUT2D eigenvalue weighted by molar-refractivity contribution is 0.383. The van der Waals surface area contributed by atoms with E-state index in [1.165, 1.54) is 6.07 Å². The van der Waals surface area contributed by atoms with Gasteiger partial charge in [-0.1, -0.05) is 0 Å². The van der Waals surface area contributed by atoms with Crippen LogP contribution >= 0.6 is 11.6 Å². The summed E-state index contributed by atoms with van der Waals surface area (Å²) in [7, 11) is 3.83. The number of halogens is 3. The van der Waals surface area contributed by atoms with E-state index in [1.54, 1.807) is 4.57 Å². The van der Waals surface area contributed by atoms with Gasteiger partial charge in [0.05, 0.1) is 11.4 Å². The Bertz CT molecular complexity index is 566. The lowest BCUT2D eigenvalue weighted by Crippen LogP contribution is -2.19. The molecule has 0 saturated heterocycles. The Labute approximate surface area is 109 Å². The van der Waals surface area contributed by atoms with E-state index >= 15 is 0 Å². The second kappa shape index (κ2) is 5.20. The Kier molecular flexibility index (Phi) is 3.82. The third-order valence-corrected chi connectivity index (χ3v) is 3.01. The molecule has 1 aromatic carbocycles. The number of imidazole rings is 1. The van der Waals surface area contributed by atoms with Crippen LogP contribution in [-0.4, -0.2) is 35.1 Å². The number of likely N-dealkylation sites (N-methyl/N-ethyl adjacent to an activating group) is 1. The van der Waals surface area contributed by atoms with Crippen molar-refractivity contribution in [2.45, 2.75) is 12.4 Å². The highest BCUT2D eigenvalue weighted by Crippen LogP contribution is 2.22. The zero-order valence-electron chi connectivity index (χ0n) is 10.3. The zero-order valence-corrected chi connectivity index (χ0v) is 11.0. The van der Waals surface area contributed by atoms with Crippen molar-refractivity contribution < 1.29 is 8.78 Å². The number of aromatic nitrogens is 2. The van der Waals surface area contributed by atoms with Crippen molar-refractivity contribution in [3.63, 3.8) is 0 Å². The number of hydrogen-bond acceptors (Lipinski definition) is 2. The van der Waals surface area contributed by atoms with Crippen molar-refractivity contribution in [2.75, 3.05) is 20.6 Å². The maximum Gasteiger partial charge on any atom is 0.184 e. The van der Waals surface area contributed by atoms with Gasteiger partial charge in [-0.05, 0) is 26.2 Å². The van der Waals surface area contributed by atoms with Gasteiger partial charge in [0, 0.05) is 13.1 Å². The molecule has 2 rings (SSSR count). The Balaban J connectivity index is 2.56. The van der Waals surface area contributed by atoms with E-state index in [1.807, 2.05) is 19.0 Å². The van der Waals surface area contributed by atoms with Gasteiger partial charge in [0.25, 0.3) is 0 Å². The minimum atomic E-state index is -0.866. The molecular formula is C12H14ClF2N3. The summed E-state index contributed by atoms with van der Waals surface area (Å²) in [6, 6.07) is 2.55. The summed E-state index contributed by atoms with van der Waals surface area (Å²) in [5.41, 5.74) is 0.621. The van der Waals surface area contributed by atoms with E-state index in [-0.39, 0.29) is 11.4 Å². The number of fused-ring (bicyclic) bond motifs is 1. The summed E-state index contributed by atoms with van der Waals surface area (Å²) in [6.07, 6.45) is 0. The Morgan fingerprint density at radius 3 is 2.67 bits per heavy atom. The molecule has 0 atom stereocenters. The van der Waals surface area contributed by atoms with Gasteiger partial charge in [-0.3, -0.25) is 0 Å². The first-order chi connectivity index (χ1) is 8.54. The average Bonchev–Trinajstić information content (AvgIpc) is 2.69. The van der Waals surface area contributed by atoms with Gasteiger partial charge in [-0.15, -0.1) is 11.6 Å². The fourth-order valence-corrected chi connectivity index (χ4v) is 2.05. The summed E-state index contributed by atoms with van der Waals surface area (Å²) >= 11 is 5.80. The monoisotopic (exact) mass is 273 g/mol. The molecule has 0 N–H and O–H groups in total. The molecule has 18 heavy (non-hydrogen) atoms. The molecule has 0 fully saturated rings. The molecule has 0 aliphatic heterocycles. The predicted octanol–water partition coefficient (Wildman–Crippen LogP) is 2.61. The number of nitrogens with zero attached hydrogens (tertiary/aromatic N) is 3. The molecule has 0 amide bonds. The van der Waals surface area contributed by atoms with Gasteiger partial charge in [0.1, 0.15) is 11.3 Å². The molecule has 0 aliphatic carbocycles. The fourth-order valence-electron chi connectivity index (χ4n) is 1.85. The van der Waals surface area contributed by atoms with Crippen LogP contribution in [-0.2, 0) is 12.4 Å². The van der Waals surface area contributed by atoms with Crippen molar-refractivity contribution in [2.24, 2.45) is 0 Å². The lowest BCUT2D eigenvalue weighted by Gasteiger charge is -2.12. The molecule has 98 valence electrons.